The van der Waals surface area contributed by atoms with E-state index in [0.717, 1.165) is 0 Å². The number of carbonyl (C=O) groups excluding carboxylic acids is 1. The van der Waals surface area contributed by atoms with Crippen molar-refractivity contribution in [3.05, 3.63) is 33.9 Å². The molecule has 0 N–H and O–H groups in total. The topological polar surface area (TPSA) is 63.5 Å². The van der Waals surface area contributed by atoms with Crippen molar-refractivity contribution in [2.45, 2.75) is 13.3 Å². The molecule has 0 aliphatic carbocycles. The minimum Gasteiger partial charge on any atom is -0.312 e. The number of amides is 1. The molecule has 0 aromatic heterocycles. The summed E-state index contributed by atoms with van der Waals surface area (Å²) in [4.78, 5) is 22.6. The van der Waals surface area contributed by atoms with Crippen molar-refractivity contribution in [1.29, 1.82) is 0 Å². The van der Waals surface area contributed by atoms with E-state index in [4.69, 9.17) is 2.74 Å². The van der Waals surface area contributed by atoms with Gasteiger partial charge in [-0.25, -0.2) is 0 Å². The summed E-state index contributed by atoms with van der Waals surface area (Å²) in [7, 11) is 0. The van der Waals surface area contributed by atoms with Gasteiger partial charge in [0.15, 0.2) is 0 Å². The molecule has 5 heteroatoms. The molecular weight excluding hydrogens is 196 g/mol. The second-order valence-corrected chi connectivity index (χ2v) is 3.20. The monoisotopic (exact) mass is 208 g/mol. The number of carbonyl (C=O) groups is 1. The number of hydrogen-bond acceptors (Lipinski definition) is 3. The van der Waals surface area contributed by atoms with Gasteiger partial charge in [-0.2, -0.15) is 0 Å². The molecule has 1 aromatic rings. The average Bonchev–Trinajstić information content (AvgIpc) is 2.51. The molecule has 0 bridgehead atoms. The van der Waals surface area contributed by atoms with E-state index in [0.29, 0.717) is 11.3 Å². The summed E-state index contributed by atoms with van der Waals surface area (Å²) in [6.45, 7) is 0.273. The number of aryl methyl sites for hydroxylation is 1. The highest BCUT2D eigenvalue weighted by Gasteiger charge is 2.23. The van der Waals surface area contributed by atoms with Gasteiger partial charge in [-0.3, -0.25) is 14.9 Å². The van der Waals surface area contributed by atoms with Crippen LogP contribution in [0.25, 0.3) is 0 Å². The van der Waals surface area contributed by atoms with Crippen molar-refractivity contribution in [3.63, 3.8) is 0 Å². The van der Waals surface area contributed by atoms with Crippen LogP contribution in [0.3, 0.4) is 0 Å². The van der Waals surface area contributed by atoms with Crippen molar-refractivity contribution in [3.8, 4) is 0 Å². The number of nitro benzene ring substituents is 1. The first-order chi connectivity index (χ1) is 7.93. The van der Waals surface area contributed by atoms with Gasteiger partial charge in [0.25, 0.3) is 5.69 Å². The Bertz CT molecular complexity index is 506. The Hall–Kier alpha value is -1.91. The number of nitro groups is 1. The number of hydrogen-bond donors (Lipinski definition) is 0. The van der Waals surface area contributed by atoms with Crippen molar-refractivity contribution >= 4 is 17.3 Å². The first kappa shape index (κ1) is 7.39. The number of fused-ring (bicyclic) bond motifs is 1. The third-order valence-corrected chi connectivity index (χ3v) is 2.22. The van der Waals surface area contributed by atoms with Crippen LogP contribution in [-0.2, 0) is 11.2 Å². The summed E-state index contributed by atoms with van der Waals surface area (Å²) in [5, 5.41) is 10.6. The normalized spacial score (nSPS) is 25.5. The molecule has 1 amide bonds. The molecule has 0 radical (unpaired) electrons. The maximum atomic E-state index is 11.4. The molecule has 78 valence electrons. The molecule has 2 atom stereocenters. The SMILES string of the molecule is [2H]C1c2cc([N+](=O)[O-])ccc2N(C(C)=O)C1[2H]. The number of rotatable bonds is 1. The van der Waals surface area contributed by atoms with E-state index >= 15 is 0 Å². The zero-order chi connectivity index (χ0) is 12.7. The van der Waals surface area contributed by atoms with Crippen molar-refractivity contribution in [2.24, 2.45) is 0 Å². The highest BCUT2D eigenvalue weighted by atomic mass is 16.6. The number of anilines is 1. The third-order valence-electron chi connectivity index (χ3n) is 2.22. The minimum atomic E-state index is -1.04. The van der Waals surface area contributed by atoms with Crippen LogP contribution >= 0.6 is 0 Å². The van der Waals surface area contributed by atoms with Gasteiger partial charge in [-0.05, 0) is 18.0 Å². The first-order valence-electron chi connectivity index (χ1n) is 5.51. The maximum absolute atomic E-state index is 11.4. The van der Waals surface area contributed by atoms with E-state index in [1.807, 2.05) is 0 Å². The molecule has 1 heterocycles. The largest absolute Gasteiger partial charge is 0.312 e. The van der Waals surface area contributed by atoms with Crippen molar-refractivity contribution < 1.29 is 12.5 Å². The van der Waals surface area contributed by atoms with Crippen LogP contribution in [-0.4, -0.2) is 17.4 Å². The van der Waals surface area contributed by atoms with E-state index in [-0.39, 0.29) is 11.6 Å². The van der Waals surface area contributed by atoms with Gasteiger partial charge in [0, 0.05) is 32.6 Å². The summed E-state index contributed by atoms with van der Waals surface area (Å²) in [5.74, 6) is -0.338. The van der Waals surface area contributed by atoms with Crippen LogP contribution in [0.2, 0.25) is 0 Å². The van der Waals surface area contributed by atoms with E-state index in [9.17, 15) is 14.9 Å². The van der Waals surface area contributed by atoms with Crippen molar-refractivity contribution in [1.82, 2.24) is 0 Å². The lowest BCUT2D eigenvalue weighted by molar-refractivity contribution is -0.384. The summed E-state index contributed by atoms with van der Waals surface area (Å²) < 4.78 is 15.5. The molecule has 5 nitrogen and oxygen atoms in total. The summed E-state index contributed by atoms with van der Waals surface area (Å²) >= 11 is 0. The molecule has 2 unspecified atom stereocenters. The Morgan fingerprint density at radius 1 is 1.67 bits per heavy atom. The van der Waals surface area contributed by atoms with Gasteiger partial charge in [-0.15, -0.1) is 0 Å². The van der Waals surface area contributed by atoms with Crippen LogP contribution in [0.5, 0.6) is 0 Å². The van der Waals surface area contributed by atoms with Gasteiger partial charge < -0.3 is 4.90 Å². The molecule has 1 aliphatic heterocycles. The summed E-state index contributed by atoms with van der Waals surface area (Å²) in [6, 6.07) is 3.96. The molecule has 1 aromatic carbocycles. The standard InChI is InChI=1S/C10H10N2O3/c1-7(13)11-5-4-8-6-9(12(14)15)2-3-10(8)11/h2-3,6H,4-5H2,1H3/i4D,5D. The average molecular weight is 208 g/mol. The predicted molar refractivity (Wildman–Crippen MR) is 54.8 cm³/mol. The second-order valence-electron chi connectivity index (χ2n) is 3.20. The van der Waals surface area contributed by atoms with Gasteiger partial charge in [0.05, 0.1) is 6.29 Å². The Morgan fingerprint density at radius 3 is 3.00 bits per heavy atom. The zero-order valence-electron chi connectivity index (χ0n) is 10.0. The Balaban J connectivity index is 2.54. The molecular formula is C10H10N2O3. The van der Waals surface area contributed by atoms with Crippen LogP contribution in [0, 0.1) is 10.1 Å². The lowest BCUT2D eigenvalue weighted by atomic mass is 10.1. The van der Waals surface area contributed by atoms with Gasteiger partial charge >= 0.3 is 0 Å². The number of benzene rings is 1. The maximum Gasteiger partial charge on any atom is 0.269 e. The van der Waals surface area contributed by atoms with E-state index < -0.39 is 17.8 Å². The van der Waals surface area contributed by atoms with Crippen LogP contribution in [0.15, 0.2) is 18.2 Å². The molecule has 0 saturated carbocycles. The Labute approximate surface area is 89.3 Å². The van der Waals surface area contributed by atoms with Crippen LogP contribution < -0.4 is 4.90 Å². The fourth-order valence-electron chi connectivity index (χ4n) is 1.52. The fraction of sp³-hybridized carbons (Fsp3) is 0.300. The molecule has 0 spiro atoms. The van der Waals surface area contributed by atoms with E-state index in [2.05, 4.69) is 0 Å². The van der Waals surface area contributed by atoms with Crippen LogP contribution in [0.1, 0.15) is 15.2 Å². The third kappa shape index (κ3) is 1.56. The van der Waals surface area contributed by atoms with E-state index in [1.165, 1.54) is 30.0 Å². The summed E-state index contributed by atoms with van der Waals surface area (Å²) in [5.41, 5.74) is 0.649. The van der Waals surface area contributed by atoms with Crippen molar-refractivity contribution in [2.75, 3.05) is 11.4 Å². The van der Waals surface area contributed by atoms with Gasteiger partial charge in [-0.1, -0.05) is 0 Å². The molecule has 2 rings (SSSR count). The Morgan fingerprint density at radius 2 is 2.40 bits per heavy atom. The quantitative estimate of drug-likeness (QED) is 0.519. The fourth-order valence-corrected chi connectivity index (χ4v) is 1.52. The molecule has 15 heavy (non-hydrogen) atoms. The predicted octanol–water partition coefficient (Wildman–Crippen LogP) is 1.50. The lowest BCUT2D eigenvalue weighted by Gasteiger charge is -2.13. The molecule has 0 saturated heterocycles. The number of nitrogens with zero attached hydrogens (tertiary/aromatic N) is 2. The lowest BCUT2D eigenvalue weighted by Crippen LogP contribution is -2.25. The number of non-ortho nitro benzene ring substituents is 1. The first-order valence-corrected chi connectivity index (χ1v) is 4.36. The zero-order valence-corrected chi connectivity index (χ0v) is 8.01. The minimum absolute atomic E-state index is 0.126. The summed E-state index contributed by atoms with van der Waals surface area (Å²) in [6.07, 6.45) is -0.964. The smallest absolute Gasteiger partial charge is 0.269 e. The van der Waals surface area contributed by atoms with E-state index in [1.54, 1.807) is 0 Å². The van der Waals surface area contributed by atoms with Gasteiger partial charge in [0.1, 0.15) is 0 Å². The Kier molecular flexibility index (Phi) is 1.65. The molecule has 1 aliphatic rings. The highest BCUT2D eigenvalue weighted by Crippen LogP contribution is 2.30. The second kappa shape index (κ2) is 3.34. The van der Waals surface area contributed by atoms with Gasteiger partial charge in [0.2, 0.25) is 5.91 Å². The molecule has 0 fully saturated rings. The highest BCUT2D eigenvalue weighted by molar-refractivity contribution is 5.93. The van der Waals surface area contributed by atoms with Crippen LogP contribution in [0.4, 0.5) is 11.4 Å².